The summed E-state index contributed by atoms with van der Waals surface area (Å²) in [6.45, 7) is 4.90. The summed E-state index contributed by atoms with van der Waals surface area (Å²) in [5.41, 5.74) is 1.78. The van der Waals surface area contributed by atoms with Gasteiger partial charge in [-0.05, 0) is 37.7 Å². The number of likely N-dealkylation sites (tertiary alicyclic amines) is 1. The number of nitrogens with zero attached hydrogens (tertiary/aromatic N) is 2. The number of benzene rings is 1. The fourth-order valence-electron chi connectivity index (χ4n) is 3.36. The van der Waals surface area contributed by atoms with Crippen molar-refractivity contribution in [3.05, 3.63) is 53.4 Å². The Balaban J connectivity index is 1.67. The number of hydrogen-bond donors (Lipinski definition) is 0. The van der Waals surface area contributed by atoms with E-state index in [1.165, 1.54) is 12.0 Å². The standard InChI is InChI=1S/C20H26N2O2/c1-15(2)19-14-18(21-24-19)20(23)22-13-7-6-10-17(22)12-11-16-8-4-3-5-9-16/h3-5,8-9,14-15,17H,6-7,10-13H2,1-2H3. The van der Waals surface area contributed by atoms with E-state index in [4.69, 9.17) is 4.52 Å². The van der Waals surface area contributed by atoms with E-state index in [0.717, 1.165) is 38.0 Å². The molecule has 24 heavy (non-hydrogen) atoms. The highest BCUT2D eigenvalue weighted by Gasteiger charge is 2.29. The molecule has 2 heterocycles. The molecule has 0 aliphatic carbocycles. The van der Waals surface area contributed by atoms with Gasteiger partial charge in [-0.15, -0.1) is 0 Å². The molecule has 3 rings (SSSR count). The predicted molar refractivity (Wildman–Crippen MR) is 94.0 cm³/mol. The number of hydrogen-bond acceptors (Lipinski definition) is 3. The highest BCUT2D eigenvalue weighted by Crippen LogP contribution is 2.24. The van der Waals surface area contributed by atoms with Gasteiger partial charge in [-0.3, -0.25) is 4.79 Å². The van der Waals surface area contributed by atoms with Crippen molar-refractivity contribution < 1.29 is 9.32 Å². The SMILES string of the molecule is CC(C)c1cc(C(=O)N2CCCCC2CCc2ccccc2)no1. The van der Waals surface area contributed by atoms with E-state index in [2.05, 4.69) is 29.4 Å². The van der Waals surface area contributed by atoms with E-state index in [-0.39, 0.29) is 11.8 Å². The van der Waals surface area contributed by atoms with Gasteiger partial charge in [-0.25, -0.2) is 0 Å². The lowest BCUT2D eigenvalue weighted by Gasteiger charge is -2.35. The Morgan fingerprint density at radius 3 is 2.79 bits per heavy atom. The maximum absolute atomic E-state index is 12.9. The van der Waals surface area contributed by atoms with Crippen molar-refractivity contribution in [2.45, 2.75) is 57.9 Å². The van der Waals surface area contributed by atoms with Gasteiger partial charge in [0, 0.05) is 24.6 Å². The molecule has 1 aromatic carbocycles. The van der Waals surface area contributed by atoms with Crippen molar-refractivity contribution in [1.29, 1.82) is 0 Å². The van der Waals surface area contributed by atoms with Crippen LogP contribution in [-0.2, 0) is 6.42 Å². The molecule has 1 saturated heterocycles. The summed E-state index contributed by atoms with van der Waals surface area (Å²) in [4.78, 5) is 14.9. The molecule has 0 radical (unpaired) electrons. The highest BCUT2D eigenvalue weighted by molar-refractivity contribution is 5.92. The van der Waals surface area contributed by atoms with Crippen molar-refractivity contribution in [3.8, 4) is 0 Å². The van der Waals surface area contributed by atoms with Crippen LogP contribution < -0.4 is 0 Å². The summed E-state index contributed by atoms with van der Waals surface area (Å²) in [5, 5.41) is 4.00. The molecule has 1 aliphatic rings. The lowest BCUT2D eigenvalue weighted by atomic mass is 9.95. The summed E-state index contributed by atoms with van der Waals surface area (Å²) in [7, 11) is 0. The molecule has 0 spiro atoms. The smallest absolute Gasteiger partial charge is 0.276 e. The third kappa shape index (κ3) is 3.86. The van der Waals surface area contributed by atoms with E-state index >= 15 is 0 Å². The zero-order valence-electron chi connectivity index (χ0n) is 14.6. The molecular weight excluding hydrogens is 300 g/mol. The fourth-order valence-corrected chi connectivity index (χ4v) is 3.36. The Labute approximate surface area is 143 Å². The lowest BCUT2D eigenvalue weighted by molar-refractivity contribution is 0.0591. The molecule has 4 nitrogen and oxygen atoms in total. The second-order valence-electron chi connectivity index (χ2n) is 6.94. The van der Waals surface area contributed by atoms with Gasteiger partial charge in [0.1, 0.15) is 5.76 Å². The molecule has 1 unspecified atom stereocenters. The number of piperidine rings is 1. The minimum atomic E-state index is 0.0170. The molecule has 4 heteroatoms. The van der Waals surface area contributed by atoms with E-state index < -0.39 is 0 Å². The van der Waals surface area contributed by atoms with Gasteiger partial charge in [-0.2, -0.15) is 0 Å². The summed E-state index contributed by atoms with van der Waals surface area (Å²) in [5.74, 6) is 1.04. The first-order chi connectivity index (χ1) is 11.6. The number of carbonyl (C=O) groups excluding carboxylic acids is 1. The number of aryl methyl sites for hydroxylation is 1. The molecule has 1 aromatic heterocycles. The quantitative estimate of drug-likeness (QED) is 0.817. The van der Waals surface area contributed by atoms with Crippen molar-refractivity contribution in [2.75, 3.05) is 6.54 Å². The van der Waals surface area contributed by atoms with Crippen molar-refractivity contribution in [1.82, 2.24) is 10.1 Å². The van der Waals surface area contributed by atoms with Crippen LogP contribution in [0.4, 0.5) is 0 Å². The Kier molecular flexibility index (Phi) is 5.34. The third-order valence-corrected chi connectivity index (χ3v) is 4.81. The van der Waals surface area contributed by atoms with Crippen LogP contribution in [0.2, 0.25) is 0 Å². The number of amides is 1. The van der Waals surface area contributed by atoms with Crippen LogP contribution >= 0.6 is 0 Å². The summed E-state index contributed by atoms with van der Waals surface area (Å²) >= 11 is 0. The second kappa shape index (κ2) is 7.65. The van der Waals surface area contributed by atoms with Gasteiger partial charge in [0.15, 0.2) is 5.69 Å². The molecule has 1 fully saturated rings. The molecule has 1 atom stereocenters. The summed E-state index contributed by atoms with van der Waals surface area (Å²) < 4.78 is 5.31. The van der Waals surface area contributed by atoms with Crippen LogP contribution in [0.3, 0.4) is 0 Å². The first-order valence-electron chi connectivity index (χ1n) is 8.96. The van der Waals surface area contributed by atoms with Crippen LogP contribution in [0.5, 0.6) is 0 Å². The fraction of sp³-hybridized carbons (Fsp3) is 0.500. The van der Waals surface area contributed by atoms with E-state index in [1.807, 2.05) is 24.8 Å². The average Bonchev–Trinajstić information content (AvgIpc) is 3.11. The molecule has 1 amide bonds. The van der Waals surface area contributed by atoms with Crippen LogP contribution in [-0.4, -0.2) is 28.6 Å². The minimum Gasteiger partial charge on any atom is -0.360 e. The Morgan fingerprint density at radius 2 is 2.08 bits per heavy atom. The van der Waals surface area contributed by atoms with Gasteiger partial charge in [0.05, 0.1) is 0 Å². The molecule has 2 aromatic rings. The molecule has 0 N–H and O–H groups in total. The Bertz CT molecular complexity index is 663. The number of rotatable bonds is 5. The maximum Gasteiger partial charge on any atom is 0.276 e. The Morgan fingerprint density at radius 1 is 1.29 bits per heavy atom. The largest absolute Gasteiger partial charge is 0.360 e. The van der Waals surface area contributed by atoms with Crippen LogP contribution in [0.25, 0.3) is 0 Å². The normalized spacial score (nSPS) is 18.1. The minimum absolute atomic E-state index is 0.0170. The van der Waals surface area contributed by atoms with Crippen LogP contribution in [0.1, 0.15) is 67.3 Å². The zero-order valence-corrected chi connectivity index (χ0v) is 14.6. The van der Waals surface area contributed by atoms with Gasteiger partial charge in [0.25, 0.3) is 5.91 Å². The van der Waals surface area contributed by atoms with Crippen molar-refractivity contribution in [3.63, 3.8) is 0 Å². The first kappa shape index (κ1) is 16.7. The lowest BCUT2D eigenvalue weighted by Crippen LogP contribution is -2.44. The topological polar surface area (TPSA) is 46.3 Å². The van der Waals surface area contributed by atoms with Crippen LogP contribution in [0, 0.1) is 0 Å². The van der Waals surface area contributed by atoms with E-state index in [1.54, 1.807) is 6.07 Å². The van der Waals surface area contributed by atoms with E-state index in [0.29, 0.717) is 11.7 Å². The summed E-state index contributed by atoms with van der Waals surface area (Å²) in [6, 6.07) is 12.6. The molecule has 0 saturated carbocycles. The molecule has 128 valence electrons. The monoisotopic (exact) mass is 326 g/mol. The second-order valence-corrected chi connectivity index (χ2v) is 6.94. The zero-order chi connectivity index (χ0) is 16.9. The average molecular weight is 326 g/mol. The highest BCUT2D eigenvalue weighted by atomic mass is 16.5. The maximum atomic E-state index is 12.9. The van der Waals surface area contributed by atoms with Crippen LogP contribution in [0.15, 0.2) is 40.9 Å². The van der Waals surface area contributed by atoms with Gasteiger partial charge >= 0.3 is 0 Å². The molecule has 0 bridgehead atoms. The predicted octanol–water partition coefficient (Wildman–Crippen LogP) is 4.43. The molecule has 1 aliphatic heterocycles. The molecular formula is C20H26N2O2. The van der Waals surface area contributed by atoms with Crippen molar-refractivity contribution in [2.24, 2.45) is 0 Å². The third-order valence-electron chi connectivity index (χ3n) is 4.81. The number of carbonyl (C=O) groups is 1. The van der Waals surface area contributed by atoms with Gasteiger partial charge in [0.2, 0.25) is 0 Å². The van der Waals surface area contributed by atoms with Crippen molar-refractivity contribution >= 4 is 5.91 Å². The van der Waals surface area contributed by atoms with E-state index in [9.17, 15) is 4.79 Å². The van der Waals surface area contributed by atoms with Gasteiger partial charge < -0.3 is 9.42 Å². The summed E-state index contributed by atoms with van der Waals surface area (Å²) in [6.07, 6.45) is 5.35. The first-order valence-corrected chi connectivity index (χ1v) is 8.96. The van der Waals surface area contributed by atoms with Gasteiger partial charge in [-0.1, -0.05) is 49.3 Å². The Hall–Kier alpha value is -2.10. The number of aromatic nitrogens is 1.